The van der Waals surface area contributed by atoms with Crippen molar-refractivity contribution in [2.45, 2.75) is 12.8 Å². The van der Waals surface area contributed by atoms with Crippen LogP contribution in [0.25, 0.3) is 0 Å². The topological polar surface area (TPSA) is 82.6 Å². The lowest BCUT2D eigenvalue weighted by Crippen LogP contribution is -2.43. The highest BCUT2D eigenvalue weighted by Crippen LogP contribution is 2.07. The van der Waals surface area contributed by atoms with Gasteiger partial charge >= 0.3 is 6.03 Å². The van der Waals surface area contributed by atoms with Crippen LogP contribution in [0.15, 0.2) is 24.4 Å². The van der Waals surface area contributed by atoms with E-state index in [2.05, 4.69) is 10.3 Å². The van der Waals surface area contributed by atoms with Crippen LogP contribution >= 0.6 is 0 Å². The molecule has 1 fully saturated rings. The number of hydrogen-bond acceptors (Lipinski definition) is 4. The number of hydrogen-bond donors (Lipinski definition) is 1. The Balaban J connectivity index is 1.78. The number of pyridine rings is 1. The van der Waals surface area contributed by atoms with E-state index in [1.54, 1.807) is 11.1 Å². The number of urea groups is 1. The maximum atomic E-state index is 12.1. The summed E-state index contributed by atoms with van der Waals surface area (Å²) < 4.78 is 24.5. The highest BCUT2D eigenvalue weighted by Gasteiger charge is 2.23. The van der Waals surface area contributed by atoms with E-state index in [0.29, 0.717) is 45.6 Å². The van der Waals surface area contributed by atoms with Gasteiger partial charge in [-0.1, -0.05) is 6.07 Å². The van der Waals surface area contributed by atoms with Crippen molar-refractivity contribution in [1.82, 2.24) is 19.5 Å². The Morgan fingerprint density at radius 3 is 2.77 bits per heavy atom. The molecule has 2 heterocycles. The smallest absolute Gasteiger partial charge is 0.317 e. The first-order valence-electron chi connectivity index (χ1n) is 7.34. The van der Waals surface area contributed by atoms with Gasteiger partial charge in [0.2, 0.25) is 10.0 Å². The van der Waals surface area contributed by atoms with Gasteiger partial charge in [0.1, 0.15) is 0 Å². The summed E-state index contributed by atoms with van der Waals surface area (Å²) in [5.41, 5.74) is 0.932. The minimum Gasteiger partial charge on any atom is -0.338 e. The summed E-state index contributed by atoms with van der Waals surface area (Å²) in [4.78, 5) is 18.0. The summed E-state index contributed by atoms with van der Waals surface area (Å²) >= 11 is 0. The molecule has 2 amide bonds. The van der Waals surface area contributed by atoms with Gasteiger partial charge in [0.15, 0.2) is 0 Å². The zero-order chi connectivity index (χ0) is 16.0. The summed E-state index contributed by atoms with van der Waals surface area (Å²) in [6, 6.07) is 5.54. The number of sulfonamides is 1. The fourth-order valence-corrected chi connectivity index (χ4v) is 3.26. The van der Waals surface area contributed by atoms with Gasteiger partial charge < -0.3 is 10.2 Å². The zero-order valence-corrected chi connectivity index (χ0v) is 13.6. The maximum Gasteiger partial charge on any atom is 0.317 e. The first-order chi connectivity index (χ1) is 10.5. The van der Waals surface area contributed by atoms with E-state index < -0.39 is 10.0 Å². The van der Waals surface area contributed by atoms with Crippen molar-refractivity contribution >= 4 is 16.1 Å². The van der Waals surface area contributed by atoms with Crippen molar-refractivity contribution in [2.24, 2.45) is 0 Å². The van der Waals surface area contributed by atoms with Gasteiger partial charge in [-0.25, -0.2) is 17.5 Å². The predicted molar refractivity (Wildman–Crippen MR) is 83.9 cm³/mol. The number of nitrogens with one attached hydrogen (secondary N) is 1. The van der Waals surface area contributed by atoms with Crippen LogP contribution in [0.1, 0.15) is 12.1 Å². The van der Waals surface area contributed by atoms with Crippen LogP contribution in [0.4, 0.5) is 4.79 Å². The van der Waals surface area contributed by atoms with Gasteiger partial charge in [0.25, 0.3) is 0 Å². The van der Waals surface area contributed by atoms with Crippen LogP contribution in [0.5, 0.6) is 0 Å². The molecule has 1 aliphatic heterocycles. The third kappa shape index (κ3) is 4.96. The third-order valence-electron chi connectivity index (χ3n) is 3.59. The molecular formula is C14H22N4O3S. The van der Waals surface area contributed by atoms with Crippen molar-refractivity contribution in [3.63, 3.8) is 0 Å². The predicted octanol–water partition coefficient (Wildman–Crippen LogP) is 0.301. The number of carbonyl (C=O) groups is 1. The molecule has 8 heteroatoms. The number of nitrogens with zero attached hydrogens (tertiary/aromatic N) is 3. The van der Waals surface area contributed by atoms with Crippen molar-refractivity contribution in [1.29, 1.82) is 0 Å². The van der Waals surface area contributed by atoms with Gasteiger partial charge in [-0.05, 0) is 18.6 Å². The Kier molecular flexibility index (Phi) is 5.73. The van der Waals surface area contributed by atoms with E-state index >= 15 is 0 Å². The molecule has 22 heavy (non-hydrogen) atoms. The zero-order valence-electron chi connectivity index (χ0n) is 12.7. The van der Waals surface area contributed by atoms with E-state index in [4.69, 9.17) is 0 Å². The standard InChI is InChI=1S/C14H22N4O3S/c1-22(20,21)18-10-4-9-17(11-12-18)14(19)16-8-6-13-5-2-3-7-15-13/h2-3,5,7H,4,6,8-12H2,1H3,(H,16,19). The number of carbonyl (C=O) groups excluding carboxylic acids is 1. The summed E-state index contributed by atoms with van der Waals surface area (Å²) in [5.74, 6) is 0. The molecule has 0 aliphatic carbocycles. The van der Waals surface area contributed by atoms with Crippen LogP contribution < -0.4 is 5.32 Å². The number of rotatable bonds is 4. The Bertz CT molecular complexity index is 591. The highest BCUT2D eigenvalue weighted by atomic mass is 32.2. The van der Waals surface area contributed by atoms with Crippen molar-refractivity contribution in [2.75, 3.05) is 39.0 Å². The fraction of sp³-hybridized carbons (Fsp3) is 0.571. The molecule has 122 valence electrons. The molecule has 0 unspecified atom stereocenters. The first kappa shape index (κ1) is 16.7. The quantitative estimate of drug-likeness (QED) is 0.863. The minimum absolute atomic E-state index is 0.147. The minimum atomic E-state index is -3.18. The average Bonchev–Trinajstić information content (AvgIpc) is 2.74. The van der Waals surface area contributed by atoms with Crippen molar-refractivity contribution in [3.8, 4) is 0 Å². The Labute approximate surface area is 131 Å². The van der Waals surface area contributed by atoms with Gasteiger partial charge in [0, 0.05) is 51.0 Å². The summed E-state index contributed by atoms with van der Waals surface area (Å²) in [6.07, 6.45) is 4.26. The fourth-order valence-electron chi connectivity index (χ4n) is 2.38. The van der Waals surface area contributed by atoms with Crippen LogP contribution in [0.2, 0.25) is 0 Å². The van der Waals surface area contributed by atoms with Crippen LogP contribution in [-0.4, -0.2) is 67.6 Å². The number of amides is 2. The van der Waals surface area contributed by atoms with E-state index in [1.165, 1.54) is 10.6 Å². The van der Waals surface area contributed by atoms with Crippen molar-refractivity contribution in [3.05, 3.63) is 30.1 Å². The average molecular weight is 326 g/mol. The molecule has 1 N–H and O–H groups in total. The van der Waals surface area contributed by atoms with Gasteiger partial charge in [-0.15, -0.1) is 0 Å². The van der Waals surface area contributed by atoms with Crippen LogP contribution in [0.3, 0.4) is 0 Å². The molecule has 7 nitrogen and oxygen atoms in total. The molecule has 0 spiro atoms. The molecule has 0 aromatic carbocycles. The second-order valence-electron chi connectivity index (χ2n) is 5.31. The highest BCUT2D eigenvalue weighted by molar-refractivity contribution is 7.88. The summed E-state index contributed by atoms with van der Waals surface area (Å²) in [7, 11) is -3.18. The SMILES string of the molecule is CS(=O)(=O)N1CCCN(C(=O)NCCc2ccccn2)CC1. The van der Waals surface area contributed by atoms with Crippen LogP contribution in [0, 0.1) is 0 Å². The molecule has 0 radical (unpaired) electrons. The van der Waals surface area contributed by atoms with E-state index in [1.807, 2.05) is 18.2 Å². The second kappa shape index (κ2) is 7.55. The molecule has 1 aromatic heterocycles. The lowest BCUT2D eigenvalue weighted by molar-refractivity contribution is 0.200. The van der Waals surface area contributed by atoms with Gasteiger partial charge in [-0.2, -0.15) is 0 Å². The molecular weight excluding hydrogens is 304 g/mol. The molecule has 2 rings (SSSR count). The lowest BCUT2D eigenvalue weighted by Gasteiger charge is -2.21. The summed E-state index contributed by atoms with van der Waals surface area (Å²) in [5, 5.41) is 2.86. The Morgan fingerprint density at radius 2 is 2.09 bits per heavy atom. The monoisotopic (exact) mass is 326 g/mol. The molecule has 0 saturated carbocycles. The molecule has 1 aromatic rings. The third-order valence-corrected chi connectivity index (χ3v) is 4.90. The second-order valence-corrected chi connectivity index (χ2v) is 7.29. The molecule has 1 aliphatic rings. The lowest BCUT2D eigenvalue weighted by atomic mass is 10.3. The van der Waals surface area contributed by atoms with E-state index in [-0.39, 0.29) is 6.03 Å². The van der Waals surface area contributed by atoms with Gasteiger partial charge in [-0.3, -0.25) is 4.98 Å². The Hall–Kier alpha value is -1.67. The summed E-state index contributed by atoms with van der Waals surface area (Å²) in [6.45, 7) is 2.33. The Morgan fingerprint density at radius 1 is 1.27 bits per heavy atom. The molecule has 0 bridgehead atoms. The first-order valence-corrected chi connectivity index (χ1v) is 9.19. The van der Waals surface area contributed by atoms with Crippen LogP contribution in [-0.2, 0) is 16.4 Å². The molecule has 0 atom stereocenters. The van der Waals surface area contributed by atoms with E-state index in [0.717, 1.165) is 5.69 Å². The van der Waals surface area contributed by atoms with E-state index in [9.17, 15) is 13.2 Å². The van der Waals surface area contributed by atoms with Crippen molar-refractivity contribution < 1.29 is 13.2 Å². The maximum absolute atomic E-state index is 12.1. The normalized spacial score (nSPS) is 17.0. The number of aromatic nitrogens is 1. The largest absolute Gasteiger partial charge is 0.338 e. The van der Waals surface area contributed by atoms with Gasteiger partial charge in [0.05, 0.1) is 6.26 Å². The molecule has 1 saturated heterocycles.